The van der Waals surface area contributed by atoms with E-state index in [1.165, 1.54) is 12.1 Å². The minimum absolute atomic E-state index is 0.0782. The summed E-state index contributed by atoms with van der Waals surface area (Å²) in [4.78, 5) is 16.1. The van der Waals surface area contributed by atoms with Crippen LogP contribution in [-0.4, -0.2) is 47.2 Å². The van der Waals surface area contributed by atoms with E-state index in [9.17, 15) is 18.0 Å². The van der Waals surface area contributed by atoms with Gasteiger partial charge in [-0.05, 0) is 35.7 Å². The van der Waals surface area contributed by atoms with E-state index < -0.39 is 11.7 Å². The number of carbonyl (C=O) groups is 1. The maximum Gasteiger partial charge on any atom is 0.416 e. The van der Waals surface area contributed by atoms with Gasteiger partial charge in [-0.2, -0.15) is 13.2 Å². The molecule has 1 fully saturated rings. The fourth-order valence-corrected chi connectivity index (χ4v) is 2.85. The van der Waals surface area contributed by atoms with Crippen LogP contribution in [0.5, 0.6) is 0 Å². The van der Waals surface area contributed by atoms with E-state index in [1.807, 2.05) is 4.90 Å². The van der Waals surface area contributed by atoms with E-state index >= 15 is 0 Å². The summed E-state index contributed by atoms with van der Waals surface area (Å²) in [7, 11) is 0. The van der Waals surface area contributed by atoms with Crippen molar-refractivity contribution in [2.24, 2.45) is 0 Å². The first-order valence-electron chi connectivity index (χ1n) is 8.36. The molecule has 1 amide bonds. The summed E-state index contributed by atoms with van der Waals surface area (Å²) in [5, 5.41) is 8.00. The lowest BCUT2D eigenvalue weighted by atomic mass is 10.1. The third-order valence-corrected chi connectivity index (χ3v) is 4.39. The second kappa shape index (κ2) is 7.66. The summed E-state index contributed by atoms with van der Waals surface area (Å²) < 4.78 is 37.8. The molecule has 3 rings (SSSR count). The molecule has 0 spiro atoms. The van der Waals surface area contributed by atoms with Crippen LogP contribution < -0.4 is 4.90 Å². The van der Waals surface area contributed by atoms with Crippen LogP contribution in [0.2, 0.25) is 0 Å². The molecule has 0 bridgehead atoms. The minimum atomic E-state index is -4.37. The van der Waals surface area contributed by atoms with Crippen LogP contribution in [-0.2, 0) is 17.4 Å². The van der Waals surface area contributed by atoms with Crippen molar-refractivity contribution in [3.63, 3.8) is 0 Å². The maximum atomic E-state index is 12.6. The van der Waals surface area contributed by atoms with Crippen LogP contribution in [0.4, 0.5) is 19.0 Å². The highest BCUT2D eigenvalue weighted by atomic mass is 19.4. The van der Waals surface area contributed by atoms with Gasteiger partial charge in [0.25, 0.3) is 0 Å². The van der Waals surface area contributed by atoms with Crippen molar-refractivity contribution in [2.45, 2.75) is 12.6 Å². The molecular formula is C19H17F3N4O. The summed E-state index contributed by atoms with van der Waals surface area (Å²) in [6.45, 7) is 2.22. The molecule has 0 unspecified atom stereocenters. The molecule has 1 aromatic heterocycles. The van der Waals surface area contributed by atoms with E-state index in [1.54, 1.807) is 17.0 Å². The highest BCUT2D eigenvalue weighted by Gasteiger charge is 2.30. The van der Waals surface area contributed by atoms with Crippen molar-refractivity contribution in [3.05, 3.63) is 53.2 Å². The van der Waals surface area contributed by atoms with Gasteiger partial charge >= 0.3 is 6.18 Å². The Morgan fingerprint density at radius 3 is 2.22 bits per heavy atom. The minimum Gasteiger partial charge on any atom is -0.352 e. The van der Waals surface area contributed by atoms with Gasteiger partial charge in [-0.3, -0.25) is 4.79 Å². The lowest BCUT2D eigenvalue weighted by Gasteiger charge is -2.35. The lowest BCUT2D eigenvalue weighted by Crippen LogP contribution is -2.49. The highest BCUT2D eigenvalue weighted by Crippen LogP contribution is 2.29. The number of hydrogen-bond acceptors (Lipinski definition) is 4. The quantitative estimate of drug-likeness (QED) is 0.774. The molecule has 1 saturated heterocycles. The molecule has 2 aromatic rings. The monoisotopic (exact) mass is 374 g/mol. The summed E-state index contributed by atoms with van der Waals surface area (Å²) in [6.07, 6.45) is 0.960. The van der Waals surface area contributed by atoms with Gasteiger partial charge in [0.05, 0.1) is 12.0 Å². The van der Waals surface area contributed by atoms with Gasteiger partial charge in [0.15, 0.2) is 5.82 Å². The Labute approximate surface area is 154 Å². The van der Waals surface area contributed by atoms with Gasteiger partial charge in [-0.25, -0.2) is 0 Å². The first kappa shape index (κ1) is 18.7. The molecule has 2 heterocycles. The van der Waals surface area contributed by atoms with Crippen LogP contribution in [0.15, 0.2) is 36.4 Å². The molecule has 0 radical (unpaired) electrons. The Bertz CT molecular complexity index is 833. The average Bonchev–Trinajstić information content (AvgIpc) is 2.68. The van der Waals surface area contributed by atoms with Crippen molar-refractivity contribution < 1.29 is 18.0 Å². The SMILES string of the molecule is C#Cc1ccc(N2CCN(C(=O)Cc3ccc(C(F)(F)F)cc3)CC2)nn1. The lowest BCUT2D eigenvalue weighted by molar-refractivity contribution is -0.137. The molecule has 8 heteroatoms. The first-order valence-corrected chi connectivity index (χ1v) is 8.36. The number of halogens is 3. The molecular weight excluding hydrogens is 357 g/mol. The molecule has 0 aliphatic carbocycles. The van der Waals surface area contributed by atoms with Gasteiger partial charge in [-0.1, -0.05) is 12.1 Å². The Hall–Kier alpha value is -3.08. The van der Waals surface area contributed by atoms with Crippen LogP contribution in [0.1, 0.15) is 16.8 Å². The van der Waals surface area contributed by atoms with Crippen LogP contribution in [0, 0.1) is 12.3 Å². The molecule has 1 aromatic carbocycles. The number of terminal acetylenes is 1. The predicted octanol–water partition coefficient (Wildman–Crippen LogP) is 2.37. The first-order chi connectivity index (χ1) is 12.9. The zero-order valence-corrected chi connectivity index (χ0v) is 14.4. The molecule has 0 saturated carbocycles. The Balaban J connectivity index is 1.54. The van der Waals surface area contributed by atoms with E-state index in [0.717, 1.165) is 12.1 Å². The molecule has 1 aliphatic rings. The largest absolute Gasteiger partial charge is 0.416 e. The number of rotatable bonds is 3. The van der Waals surface area contributed by atoms with Gasteiger partial charge in [0.2, 0.25) is 5.91 Å². The number of carbonyl (C=O) groups excluding carboxylic acids is 1. The number of amides is 1. The Morgan fingerprint density at radius 1 is 1.04 bits per heavy atom. The summed E-state index contributed by atoms with van der Waals surface area (Å²) in [5.74, 6) is 3.00. The third-order valence-electron chi connectivity index (χ3n) is 4.39. The van der Waals surface area contributed by atoms with Crippen molar-refractivity contribution in [2.75, 3.05) is 31.1 Å². The number of nitrogens with zero attached hydrogens (tertiary/aromatic N) is 4. The molecule has 5 nitrogen and oxygen atoms in total. The van der Waals surface area contributed by atoms with Gasteiger partial charge in [0.1, 0.15) is 5.69 Å². The zero-order valence-electron chi connectivity index (χ0n) is 14.4. The Kier molecular flexibility index (Phi) is 5.31. The number of hydrogen-bond donors (Lipinski definition) is 0. The highest BCUT2D eigenvalue weighted by molar-refractivity contribution is 5.79. The third kappa shape index (κ3) is 4.56. The second-order valence-corrected chi connectivity index (χ2v) is 6.16. The summed E-state index contributed by atoms with van der Waals surface area (Å²) in [5.41, 5.74) is 0.305. The van der Waals surface area contributed by atoms with Crippen LogP contribution in [0.25, 0.3) is 0 Å². The maximum absolute atomic E-state index is 12.6. The molecule has 27 heavy (non-hydrogen) atoms. The normalized spacial score (nSPS) is 14.7. The van der Waals surface area contributed by atoms with E-state index in [4.69, 9.17) is 6.42 Å². The fourth-order valence-electron chi connectivity index (χ4n) is 2.85. The second-order valence-electron chi connectivity index (χ2n) is 6.16. The van der Waals surface area contributed by atoms with Crippen LogP contribution >= 0.6 is 0 Å². The van der Waals surface area contributed by atoms with Gasteiger partial charge in [-0.15, -0.1) is 16.6 Å². The zero-order chi connectivity index (χ0) is 19.4. The van der Waals surface area contributed by atoms with E-state index in [0.29, 0.717) is 43.3 Å². The van der Waals surface area contributed by atoms with Gasteiger partial charge in [0, 0.05) is 26.2 Å². The average molecular weight is 374 g/mol. The van der Waals surface area contributed by atoms with Gasteiger partial charge < -0.3 is 9.80 Å². The smallest absolute Gasteiger partial charge is 0.352 e. The van der Waals surface area contributed by atoms with Crippen molar-refractivity contribution in [1.82, 2.24) is 15.1 Å². The number of piperazine rings is 1. The molecule has 0 N–H and O–H groups in total. The fraction of sp³-hybridized carbons (Fsp3) is 0.316. The molecule has 140 valence electrons. The van der Waals surface area contributed by atoms with Crippen LogP contribution in [0.3, 0.4) is 0 Å². The van der Waals surface area contributed by atoms with E-state index in [2.05, 4.69) is 16.1 Å². The van der Waals surface area contributed by atoms with E-state index in [-0.39, 0.29) is 12.3 Å². The summed E-state index contributed by atoms with van der Waals surface area (Å²) in [6, 6.07) is 8.20. The van der Waals surface area contributed by atoms with Crippen molar-refractivity contribution in [3.8, 4) is 12.3 Å². The number of alkyl halides is 3. The molecule has 0 atom stereocenters. The van der Waals surface area contributed by atoms with Crippen molar-refractivity contribution in [1.29, 1.82) is 0 Å². The topological polar surface area (TPSA) is 49.3 Å². The number of anilines is 1. The van der Waals surface area contributed by atoms with Crippen molar-refractivity contribution >= 4 is 11.7 Å². The number of aromatic nitrogens is 2. The number of benzene rings is 1. The predicted molar refractivity (Wildman–Crippen MR) is 93.9 cm³/mol. The molecule has 1 aliphatic heterocycles. The standard InChI is InChI=1S/C19H17F3N4O/c1-2-16-7-8-17(24-23-16)25-9-11-26(12-10-25)18(27)13-14-3-5-15(6-4-14)19(20,21)22/h1,3-8H,9-13H2. The summed E-state index contributed by atoms with van der Waals surface area (Å²) >= 11 is 0. The Morgan fingerprint density at radius 2 is 1.70 bits per heavy atom.